The minimum absolute atomic E-state index is 0. The molecule has 0 saturated carbocycles. The smallest absolute Gasteiger partial charge is 0.319 e. The monoisotopic (exact) mass is 1280 g/mol. The Hall–Kier alpha value is -9.61. The van der Waals surface area contributed by atoms with Crippen LogP contribution < -0.4 is 0 Å². The van der Waals surface area contributed by atoms with Crippen molar-refractivity contribution in [3.8, 4) is 45.3 Å². The standard InChI is InChI=1S/2C39H30N3.Pt/c1-39(2,3)27-22-23-40-37(25-27)42-33-17-9-7-14-30(33)32-24-26(20-21-35(32)42)29-16-11-19-36-38(29)31-15-8-10-18-34(31)41(36)28-12-5-4-6-13-28;1-39(2,3)28-21-22-40-38(25-28)42-35-16-10-8-14-31(35)33-24-27(18-20-37(33)42)26-17-19-36-32(23-26)30-13-7-9-15-34(30)41(36)29-11-5-4-6-12-29;/h4-16,18-25H,1-3H3;4-15,17-25H,1-3H3;/q2*-1;+2. The molecule has 6 aromatic heterocycles. The van der Waals surface area contributed by atoms with Gasteiger partial charge in [0.2, 0.25) is 0 Å². The van der Waals surface area contributed by atoms with Gasteiger partial charge in [0, 0.05) is 56.3 Å². The molecule has 6 heterocycles. The van der Waals surface area contributed by atoms with Gasteiger partial charge < -0.3 is 18.3 Å². The van der Waals surface area contributed by atoms with Gasteiger partial charge in [-0.05, 0) is 146 Å². The fourth-order valence-electron chi connectivity index (χ4n) is 12.8. The number of hydrogen-bond acceptors (Lipinski definition) is 2. The molecule has 0 aliphatic rings. The third kappa shape index (κ3) is 9.06. The summed E-state index contributed by atoms with van der Waals surface area (Å²) in [4.78, 5) is 9.63. The second-order valence-corrected chi connectivity index (χ2v) is 24.1. The van der Waals surface area contributed by atoms with E-state index in [1.165, 1.54) is 110 Å². The minimum atomic E-state index is 0. The second-order valence-electron chi connectivity index (χ2n) is 24.1. The van der Waals surface area contributed by atoms with Crippen LogP contribution in [0.15, 0.2) is 255 Å². The molecule has 85 heavy (non-hydrogen) atoms. The van der Waals surface area contributed by atoms with E-state index in [0.29, 0.717) is 0 Å². The first-order valence-corrected chi connectivity index (χ1v) is 29.0. The van der Waals surface area contributed by atoms with E-state index in [4.69, 9.17) is 9.97 Å². The molecule has 0 fully saturated rings. The Balaban J connectivity index is 0.000000149. The van der Waals surface area contributed by atoms with E-state index in [-0.39, 0.29) is 31.9 Å². The van der Waals surface area contributed by atoms with Crippen LogP contribution in [0.3, 0.4) is 0 Å². The van der Waals surface area contributed by atoms with Crippen molar-refractivity contribution in [2.45, 2.75) is 52.4 Å². The van der Waals surface area contributed by atoms with Crippen molar-refractivity contribution >= 4 is 87.2 Å². The van der Waals surface area contributed by atoms with E-state index in [2.05, 4.69) is 302 Å². The van der Waals surface area contributed by atoms with Crippen molar-refractivity contribution in [2.24, 2.45) is 0 Å². The van der Waals surface area contributed by atoms with Crippen LogP contribution >= 0.6 is 0 Å². The van der Waals surface area contributed by atoms with Crippen molar-refractivity contribution in [2.75, 3.05) is 0 Å². The predicted octanol–water partition coefficient (Wildman–Crippen LogP) is 20.1. The third-order valence-corrected chi connectivity index (χ3v) is 16.9. The van der Waals surface area contributed by atoms with E-state index in [0.717, 1.165) is 33.7 Å². The number of pyridine rings is 2. The zero-order chi connectivity index (χ0) is 56.8. The number of benzene rings is 10. The summed E-state index contributed by atoms with van der Waals surface area (Å²) in [5, 5.41) is 9.80. The number of hydrogen-bond donors (Lipinski definition) is 0. The number of para-hydroxylation sites is 6. The van der Waals surface area contributed by atoms with Gasteiger partial charge in [-0.2, -0.15) is 48.5 Å². The second kappa shape index (κ2) is 20.9. The third-order valence-electron chi connectivity index (χ3n) is 16.9. The summed E-state index contributed by atoms with van der Waals surface area (Å²) in [6.07, 6.45) is 3.85. The molecule has 0 unspecified atom stereocenters. The number of rotatable bonds is 6. The van der Waals surface area contributed by atoms with Gasteiger partial charge in [0.15, 0.2) is 0 Å². The van der Waals surface area contributed by atoms with Crippen LogP contribution in [0.4, 0.5) is 0 Å². The maximum absolute atomic E-state index is 4.82. The molecule has 6 nitrogen and oxygen atoms in total. The zero-order valence-electron chi connectivity index (χ0n) is 48.2. The Morgan fingerprint density at radius 1 is 0.318 bits per heavy atom. The molecule has 412 valence electrons. The average molecular weight is 1280 g/mol. The number of nitrogens with zero attached hydrogens (tertiary/aromatic N) is 6. The van der Waals surface area contributed by atoms with Crippen molar-refractivity contribution in [3.05, 3.63) is 278 Å². The number of aromatic nitrogens is 6. The van der Waals surface area contributed by atoms with Gasteiger partial charge in [0.25, 0.3) is 0 Å². The van der Waals surface area contributed by atoms with Crippen molar-refractivity contribution in [1.82, 2.24) is 28.2 Å². The first kappa shape index (κ1) is 53.4. The normalized spacial score (nSPS) is 12.0. The Labute approximate surface area is 509 Å². The van der Waals surface area contributed by atoms with Crippen LogP contribution in [0, 0.1) is 12.1 Å². The van der Waals surface area contributed by atoms with E-state index < -0.39 is 0 Å². The molecular formula is C78H60N6Pt. The fraction of sp³-hybridized carbons (Fsp3) is 0.103. The van der Waals surface area contributed by atoms with Crippen LogP contribution in [-0.4, -0.2) is 28.2 Å². The molecule has 10 aromatic carbocycles. The van der Waals surface area contributed by atoms with Gasteiger partial charge in [-0.15, -0.1) is 10.8 Å². The summed E-state index contributed by atoms with van der Waals surface area (Å²) in [6.45, 7) is 13.4. The summed E-state index contributed by atoms with van der Waals surface area (Å²) in [5.74, 6) is 1.85. The SMILES string of the molecule is CC(C)(C)c1ccnc(-n2c3[c-]cccc3c3cc(-c4ccc5c(c4)c4ccccc4n5-c4ccccc4)ccc32)c1.CC(C)(C)c1ccnc(-n2c3[c-]cccc3c3cc(-c4cccc5c4c4ccccc4n5-c4ccccc4)ccc32)c1.[Pt+2]. The van der Waals surface area contributed by atoms with Crippen LogP contribution in [0.2, 0.25) is 0 Å². The van der Waals surface area contributed by atoms with Gasteiger partial charge in [-0.1, -0.05) is 168 Å². The molecule has 0 aliphatic carbocycles. The summed E-state index contributed by atoms with van der Waals surface area (Å²) in [5.41, 5.74) is 19.0. The summed E-state index contributed by atoms with van der Waals surface area (Å²) < 4.78 is 9.24. The van der Waals surface area contributed by atoms with Crippen molar-refractivity contribution in [1.29, 1.82) is 0 Å². The minimum Gasteiger partial charge on any atom is -0.319 e. The topological polar surface area (TPSA) is 45.5 Å². The first-order valence-electron chi connectivity index (χ1n) is 29.0. The van der Waals surface area contributed by atoms with Gasteiger partial charge in [-0.25, -0.2) is 9.97 Å². The average Bonchev–Trinajstić information content (AvgIpc) is 1.98. The molecule has 0 aliphatic heterocycles. The van der Waals surface area contributed by atoms with E-state index in [1.807, 2.05) is 24.5 Å². The summed E-state index contributed by atoms with van der Waals surface area (Å²) in [7, 11) is 0. The van der Waals surface area contributed by atoms with Crippen LogP contribution in [-0.2, 0) is 31.9 Å². The van der Waals surface area contributed by atoms with Crippen molar-refractivity contribution < 1.29 is 21.1 Å². The molecule has 0 bridgehead atoms. The molecule has 16 rings (SSSR count). The Morgan fingerprint density at radius 2 is 0.718 bits per heavy atom. The van der Waals surface area contributed by atoms with Gasteiger partial charge in [0.1, 0.15) is 11.6 Å². The molecule has 0 spiro atoms. The van der Waals surface area contributed by atoms with Crippen LogP contribution in [0.25, 0.3) is 132 Å². The molecule has 7 heteroatoms. The maximum Gasteiger partial charge on any atom is 2.00 e. The Morgan fingerprint density at radius 3 is 1.25 bits per heavy atom. The van der Waals surface area contributed by atoms with E-state index in [9.17, 15) is 0 Å². The van der Waals surface area contributed by atoms with E-state index >= 15 is 0 Å². The summed E-state index contributed by atoms with van der Waals surface area (Å²) >= 11 is 0. The van der Waals surface area contributed by atoms with Gasteiger partial charge in [0.05, 0.1) is 22.1 Å². The molecule has 0 N–H and O–H groups in total. The maximum atomic E-state index is 4.82. The number of fused-ring (bicyclic) bond motifs is 12. The zero-order valence-corrected chi connectivity index (χ0v) is 50.5. The molecule has 16 aromatic rings. The van der Waals surface area contributed by atoms with Gasteiger partial charge >= 0.3 is 21.1 Å². The van der Waals surface area contributed by atoms with Gasteiger partial charge in [-0.3, -0.25) is 0 Å². The molecule has 0 radical (unpaired) electrons. The molecule has 0 amide bonds. The van der Waals surface area contributed by atoms with Crippen LogP contribution in [0.5, 0.6) is 0 Å². The summed E-state index contributed by atoms with van der Waals surface area (Å²) in [6, 6.07) is 94.1. The van der Waals surface area contributed by atoms with Crippen LogP contribution in [0.1, 0.15) is 52.7 Å². The predicted molar refractivity (Wildman–Crippen MR) is 352 cm³/mol. The Kier molecular flexibility index (Phi) is 13.1. The van der Waals surface area contributed by atoms with Crippen molar-refractivity contribution in [3.63, 3.8) is 0 Å². The van der Waals surface area contributed by atoms with E-state index in [1.54, 1.807) is 0 Å². The molecule has 0 atom stereocenters. The molecule has 0 saturated heterocycles. The first-order chi connectivity index (χ1) is 41.0. The molecular weight excluding hydrogens is 1220 g/mol. The quantitative estimate of drug-likeness (QED) is 0.156. The fourth-order valence-corrected chi connectivity index (χ4v) is 12.8. The Bertz CT molecular complexity index is 5220. The largest absolute Gasteiger partial charge is 2.00 e.